The monoisotopic (exact) mass is 177 g/mol. The van der Waals surface area contributed by atoms with Gasteiger partial charge in [-0.05, 0) is 19.9 Å². The smallest absolute Gasteiger partial charge is 0.214 e. The van der Waals surface area contributed by atoms with Gasteiger partial charge in [0.25, 0.3) is 0 Å². The largest absolute Gasteiger partial charge is 0.475 e. The Bertz CT molecular complexity index is 341. The van der Waals surface area contributed by atoms with Crippen LogP contribution in [0.1, 0.15) is 19.5 Å². The van der Waals surface area contributed by atoms with E-state index in [9.17, 15) is 0 Å². The summed E-state index contributed by atoms with van der Waals surface area (Å²) in [5.74, 6) is 0.431. The lowest BCUT2D eigenvalue weighted by atomic mass is 10.3. The molecule has 0 aliphatic rings. The number of anilines is 1. The second-order valence-electron chi connectivity index (χ2n) is 2.87. The van der Waals surface area contributed by atoms with Crippen LogP contribution in [0.2, 0.25) is 0 Å². The first-order valence-corrected chi connectivity index (χ1v) is 3.96. The van der Waals surface area contributed by atoms with Gasteiger partial charge < -0.3 is 10.5 Å². The summed E-state index contributed by atoms with van der Waals surface area (Å²) in [6.07, 6.45) is 0.0441. The van der Waals surface area contributed by atoms with Gasteiger partial charge >= 0.3 is 0 Å². The van der Waals surface area contributed by atoms with Crippen molar-refractivity contribution in [3.8, 4) is 11.9 Å². The molecule has 0 saturated carbocycles. The van der Waals surface area contributed by atoms with Gasteiger partial charge in [-0.1, -0.05) is 0 Å². The molecule has 2 N–H and O–H groups in total. The zero-order chi connectivity index (χ0) is 9.84. The van der Waals surface area contributed by atoms with E-state index < -0.39 is 0 Å². The summed E-state index contributed by atoms with van der Waals surface area (Å²) in [4.78, 5) is 3.92. The normalized spacial score (nSPS) is 9.69. The van der Waals surface area contributed by atoms with E-state index >= 15 is 0 Å². The number of nitrogens with two attached hydrogens (primary N) is 1. The van der Waals surface area contributed by atoms with Crippen LogP contribution in [0.15, 0.2) is 12.1 Å². The Kier molecular flexibility index (Phi) is 2.70. The highest BCUT2D eigenvalue weighted by molar-refractivity contribution is 5.50. The molecule has 0 saturated heterocycles. The molecule has 0 aromatic carbocycles. The van der Waals surface area contributed by atoms with Crippen LogP contribution in [0.25, 0.3) is 0 Å². The van der Waals surface area contributed by atoms with Crippen molar-refractivity contribution in [2.75, 3.05) is 5.73 Å². The lowest BCUT2D eigenvalue weighted by Crippen LogP contribution is -2.07. The summed E-state index contributed by atoms with van der Waals surface area (Å²) in [6.45, 7) is 3.79. The number of rotatable bonds is 2. The standard InChI is InChI=1S/C9H11N3O/c1-6(2)13-9-4-3-7(11)8(5-10)12-9/h3-4,6H,11H2,1-2H3. The highest BCUT2D eigenvalue weighted by atomic mass is 16.5. The average Bonchev–Trinajstić information content (AvgIpc) is 2.07. The number of nitrogens with zero attached hydrogens (tertiary/aromatic N) is 2. The Morgan fingerprint density at radius 2 is 2.23 bits per heavy atom. The molecule has 0 amide bonds. The molecule has 68 valence electrons. The van der Waals surface area contributed by atoms with E-state index in [-0.39, 0.29) is 11.8 Å². The van der Waals surface area contributed by atoms with Gasteiger partial charge in [-0.3, -0.25) is 0 Å². The fraction of sp³-hybridized carbons (Fsp3) is 0.333. The molecule has 0 aliphatic heterocycles. The molecular formula is C9H11N3O. The predicted octanol–water partition coefficient (Wildman–Crippen LogP) is 1.32. The molecule has 1 heterocycles. The molecule has 1 aromatic heterocycles. The topological polar surface area (TPSA) is 71.9 Å². The van der Waals surface area contributed by atoms with Crippen LogP contribution in [0.5, 0.6) is 5.88 Å². The van der Waals surface area contributed by atoms with Crippen LogP contribution in [-0.4, -0.2) is 11.1 Å². The minimum absolute atomic E-state index is 0.0441. The Morgan fingerprint density at radius 3 is 2.77 bits per heavy atom. The second-order valence-corrected chi connectivity index (χ2v) is 2.87. The van der Waals surface area contributed by atoms with Crippen LogP contribution in [-0.2, 0) is 0 Å². The molecule has 4 heteroatoms. The Morgan fingerprint density at radius 1 is 1.54 bits per heavy atom. The Labute approximate surface area is 77.0 Å². The number of nitriles is 1. The number of hydrogen-bond acceptors (Lipinski definition) is 4. The summed E-state index contributed by atoms with van der Waals surface area (Å²) >= 11 is 0. The maximum absolute atomic E-state index is 8.63. The zero-order valence-electron chi connectivity index (χ0n) is 7.61. The van der Waals surface area contributed by atoms with Crippen LogP contribution >= 0.6 is 0 Å². The van der Waals surface area contributed by atoms with E-state index in [0.717, 1.165) is 0 Å². The number of nitrogen functional groups attached to an aromatic ring is 1. The highest BCUT2D eigenvalue weighted by Crippen LogP contribution is 2.14. The fourth-order valence-corrected chi connectivity index (χ4v) is 0.849. The minimum atomic E-state index is 0.0441. The molecule has 1 rings (SSSR count). The van der Waals surface area contributed by atoms with E-state index in [2.05, 4.69) is 4.98 Å². The minimum Gasteiger partial charge on any atom is -0.475 e. The van der Waals surface area contributed by atoms with Crippen molar-refractivity contribution in [1.82, 2.24) is 4.98 Å². The van der Waals surface area contributed by atoms with E-state index in [1.54, 1.807) is 12.1 Å². The van der Waals surface area contributed by atoms with Crippen LogP contribution in [0, 0.1) is 11.3 Å². The zero-order valence-corrected chi connectivity index (χ0v) is 7.61. The Balaban J connectivity index is 2.95. The van der Waals surface area contributed by atoms with Crippen molar-refractivity contribution in [3.63, 3.8) is 0 Å². The molecular weight excluding hydrogens is 166 g/mol. The molecule has 0 unspecified atom stereocenters. The van der Waals surface area contributed by atoms with Crippen molar-refractivity contribution in [1.29, 1.82) is 5.26 Å². The van der Waals surface area contributed by atoms with Crippen molar-refractivity contribution in [3.05, 3.63) is 17.8 Å². The lowest BCUT2D eigenvalue weighted by molar-refractivity contribution is 0.232. The van der Waals surface area contributed by atoms with Crippen molar-refractivity contribution in [2.45, 2.75) is 20.0 Å². The van der Waals surface area contributed by atoms with Gasteiger partial charge in [-0.2, -0.15) is 5.26 Å². The average molecular weight is 177 g/mol. The van der Waals surface area contributed by atoms with Gasteiger partial charge in [0.1, 0.15) is 6.07 Å². The number of hydrogen-bond donors (Lipinski definition) is 1. The molecule has 0 fully saturated rings. The second kappa shape index (κ2) is 3.76. The summed E-state index contributed by atoms with van der Waals surface area (Å²) in [6, 6.07) is 5.16. The van der Waals surface area contributed by atoms with Crippen LogP contribution < -0.4 is 10.5 Å². The van der Waals surface area contributed by atoms with Crippen LogP contribution in [0.4, 0.5) is 5.69 Å². The lowest BCUT2D eigenvalue weighted by Gasteiger charge is -2.08. The third kappa shape index (κ3) is 2.34. The molecule has 0 atom stereocenters. The van der Waals surface area contributed by atoms with Gasteiger partial charge in [0, 0.05) is 6.07 Å². The number of ether oxygens (including phenoxy) is 1. The first-order valence-electron chi connectivity index (χ1n) is 3.96. The predicted molar refractivity (Wildman–Crippen MR) is 49.1 cm³/mol. The first kappa shape index (κ1) is 9.33. The van der Waals surface area contributed by atoms with Crippen molar-refractivity contribution in [2.24, 2.45) is 0 Å². The van der Waals surface area contributed by atoms with E-state index in [1.165, 1.54) is 0 Å². The third-order valence-electron chi connectivity index (χ3n) is 1.36. The maximum Gasteiger partial charge on any atom is 0.214 e. The quantitative estimate of drug-likeness (QED) is 0.739. The van der Waals surface area contributed by atoms with Gasteiger partial charge in [0.05, 0.1) is 11.8 Å². The molecule has 0 aliphatic carbocycles. The van der Waals surface area contributed by atoms with Gasteiger partial charge in [-0.15, -0.1) is 0 Å². The molecule has 4 nitrogen and oxygen atoms in total. The van der Waals surface area contributed by atoms with Gasteiger partial charge in [0.15, 0.2) is 5.69 Å². The molecule has 1 aromatic rings. The maximum atomic E-state index is 8.63. The summed E-state index contributed by atoms with van der Waals surface area (Å²) in [5, 5.41) is 8.63. The van der Waals surface area contributed by atoms with Crippen molar-refractivity contribution < 1.29 is 4.74 Å². The van der Waals surface area contributed by atoms with E-state index in [4.69, 9.17) is 15.7 Å². The van der Waals surface area contributed by atoms with Gasteiger partial charge in [-0.25, -0.2) is 4.98 Å². The summed E-state index contributed by atoms with van der Waals surface area (Å²) in [5.41, 5.74) is 6.07. The van der Waals surface area contributed by atoms with E-state index in [1.807, 2.05) is 19.9 Å². The number of pyridine rings is 1. The number of aromatic nitrogens is 1. The molecule has 13 heavy (non-hydrogen) atoms. The molecule has 0 bridgehead atoms. The third-order valence-corrected chi connectivity index (χ3v) is 1.36. The van der Waals surface area contributed by atoms with E-state index in [0.29, 0.717) is 11.6 Å². The molecule has 0 spiro atoms. The Hall–Kier alpha value is -1.76. The van der Waals surface area contributed by atoms with Crippen LogP contribution in [0.3, 0.4) is 0 Å². The summed E-state index contributed by atoms with van der Waals surface area (Å²) < 4.78 is 5.29. The molecule has 0 radical (unpaired) electrons. The summed E-state index contributed by atoms with van der Waals surface area (Å²) in [7, 11) is 0. The van der Waals surface area contributed by atoms with Gasteiger partial charge in [0.2, 0.25) is 5.88 Å². The van der Waals surface area contributed by atoms with Crippen molar-refractivity contribution >= 4 is 5.69 Å². The first-order chi connectivity index (χ1) is 6.13. The highest BCUT2D eigenvalue weighted by Gasteiger charge is 2.03. The SMILES string of the molecule is CC(C)Oc1ccc(N)c(C#N)n1. The fourth-order valence-electron chi connectivity index (χ4n) is 0.849.